The van der Waals surface area contributed by atoms with Crippen molar-refractivity contribution in [2.24, 2.45) is 0 Å². The quantitative estimate of drug-likeness (QED) is 0.853. The highest BCUT2D eigenvalue weighted by atomic mass is 19.1. The van der Waals surface area contributed by atoms with Crippen LogP contribution >= 0.6 is 0 Å². The van der Waals surface area contributed by atoms with Crippen LogP contribution in [-0.2, 0) is 9.59 Å². The maximum atomic E-state index is 12.8. The number of ether oxygens (including phenoxy) is 2. The van der Waals surface area contributed by atoms with Crippen LogP contribution in [0.15, 0.2) is 42.5 Å². The summed E-state index contributed by atoms with van der Waals surface area (Å²) in [5.74, 6) is -0.203. The van der Waals surface area contributed by atoms with Crippen molar-refractivity contribution >= 4 is 23.2 Å². The minimum absolute atomic E-state index is 0.225. The molecule has 0 bridgehead atoms. The molecule has 2 rings (SSSR count). The predicted octanol–water partition coefficient (Wildman–Crippen LogP) is 2.81. The third-order valence-corrected chi connectivity index (χ3v) is 2.98. The summed E-state index contributed by atoms with van der Waals surface area (Å²) in [6.45, 7) is 1.14. The molecule has 0 saturated heterocycles. The molecule has 0 fully saturated rings. The van der Waals surface area contributed by atoms with Gasteiger partial charge in [0.1, 0.15) is 17.3 Å². The summed E-state index contributed by atoms with van der Waals surface area (Å²) < 4.78 is 23.3. The van der Waals surface area contributed by atoms with Gasteiger partial charge >= 0.3 is 0 Å². The molecule has 2 amide bonds. The molecule has 0 aliphatic rings. The van der Waals surface area contributed by atoms with E-state index in [1.807, 2.05) is 0 Å². The van der Waals surface area contributed by atoms with E-state index in [4.69, 9.17) is 9.47 Å². The fraction of sp³-hybridized carbons (Fsp3) is 0.176. The van der Waals surface area contributed by atoms with Crippen LogP contribution in [0.5, 0.6) is 11.5 Å². The van der Waals surface area contributed by atoms with Gasteiger partial charge in [-0.05, 0) is 42.5 Å². The zero-order chi connectivity index (χ0) is 17.5. The second kappa shape index (κ2) is 7.96. The number of hydrogen-bond donors (Lipinski definition) is 2. The van der Waals surface area contributed by atoms with Gasteiger partial charge in [-0.2, -0.15) is 0 Å². The van der Waals surface area contributed by atoms with Gasteiger partial charge in [0.05, 0.1) is 12.8 Å². The maximum absolute atomic E-state index is 12.8. The summed E-state index contributed by atoms with van der Waals surface area (Å²) in [5.41, 5.74) is 0.925. The summed E-state index contributed by atoms with van der Waals surface area (Å²) >= 11 is 0. The normalized spacial score (nSPS) is 9.96. The van der Waals surface area contributed by atoms with Gasteiger partial charge in [-0.25, -0.2) is 4.39 Å². The molecule has 0 heterocycles. The summed E-state index contributed by atoms with van der Waals surface area (Å²) in [6.07, 6.45) is 0. The van der Waals surface area contributed by atoms with Crippen molar-refractivity contribution < 1.29 is 23.5 Å². The average molecular weight is 332 g/mol. The Morgan fingerprint density at radius 3 is 2.42 bits per heavy atom. The standard InChI is InChI=1S/C17H17FN2O4/c1-11(21)19-13-5-8-16(23-2)15(9-13)20-17(22)10-24-14-6-3-12(18)4-7-14/h3-9H,10H2,1-2H3,(H,19,21)(H,20,22). The Bertz CT molecular complexity index is 732. The average Bonchev–Trinajstić information content (AvgIpc) is 2.54. The molecule has 0 saturated carbocycles. The largest absolute Gasteiger partial charge is 0.495 e. The smallest absolute Gasteiger partial charge is 0.262 e. The van der Waals surface area contributed by atoms with E-state index in [-0.39, 0.29) is 18.3 Å². The van der Waals surface area contributed by atoms with Gasteiger partial charge in [0.25, 0.3) is 5.91 Å². The lowest BCUT2D eigenvalue weighted by molar-refractivity contribution is -0.118. The maximum Gasteiger partial charge on any atom is 0.262 e. The van der Waals surface area contributed by atoms with Gasteiger partial charge in [0.15, 0.2) is 6.61 Å². The first-order chi connectivity index (χ1) is 11.5. The van der Waals surface area contributed by atoms with Crippen LogP contribution in [0.25, 0.3) is 0 Å². The van der Waals surface area contributed by atoms with Crippen molar-refractivity contribution in [3.63, 3.8) is 0 Å². The Balaban J connectivity index is 2.01. The van der Waals surface area contributed by atoms with Gasteiger partial charge in [-0.15, -0.1) is 0 Å². The molecule has 2 aromatic carbocycles. The van der Waals surface area contributed by atoms with E-state index in [0.29, 0.717) is 22.9 Å². The lowest BCUT2D eigenvalue weighted by atomic mass is 10.2. The van der Waals surface area contributed by atoms with Crippen LogP contribution in [0, 0.1) is 5.82 Å². The molecule has 0 aliphatic carbocycles. The molecular weight excluding hydrogens is 315 g/mol. The molecule has 24 heavy (non-hydrogen) atoms. The number of hydrogen-bond acceptors (Lipinski definition) is 4. The van der Waals surface area contributed by atoms with Gasteiger partial charge in [0, 0.05) is 12.6 Å². The molecule has 7 heteroatoms. The van der Waals surface area contributed by atoms with Crippen LogP contribution < -0.4 is 20.1 Å². The molecule has 0 unspecified atom stereocenters. The van der Waals surface area contributed by atoms with Crippen LogP contribution in [-0.4, -0.2) is 25.5 Å². The molecule has 0 atom stereocenters. The number of carbonyl (C=O) groups excluding carboxylic acids is 2. The summed E-state index contributed by atoms with van der Waals surface area (Å²) in [5, 5.41) is 5.26. The monoisotopic (exact) mass is 332 g/mol. The predicted molar refractivity (Wildman–Crippen MR) is 87.8 cm³/mol. The third-order valence-electron chi connectivity index (χ3n) is 2.98. The molecule has 0 aromatic heterocycles. The van der Waals surface area contributed by atoms with Gasteiger partial charge in [-0.3, -0.25) is 9.59 Å². The fourth-order valence-electron chi connectivity index (χ4n) is 1.95. The number of nitrogens with one attached hydrogen (secondary N) is 2. The van der Waals surface area contributed by atoms with E-state index in [0.717, 1.165) is 0 Å². The van der Waals surface area contributed by atoms with E-state index in [1.54, 1.807) is 18.2 Å². The third kappa shape index (κ3) is 4.98. The number of rotatable bonds is 6. The van der Waals surface area contributed by atoms with Crippen LogP contribution in [0.2, 0.25) is 0 Å². The highest BCUT2D eigenvalue weighted by molar-refractivity contribution is 5.95. The lowest BCUT2D eigenvalue weighted by Crippen LogP contribution is -2.20. The molecule has 126 valence electrons. The molecule has 2 aromatic rings. The second-order valence-corrected chi connectivity index (χ2v) is 4.89. The number of amides is 2. The highest BCUT2D eigenvalue weighted by Gasteiger charge is 2.10. The number of carbonyl (C=O) groups is 2. The number of methoxy groups -OCH3 is 1. The van der Waals surface area contributed by atoms with Crippen LogP contribution in [0.1, 0.15) is 6.92 Å². The molecule has 0 radical (unpaired) electrons. The van der Waals surface area contributed by atoms with Crippen molar-refractivity contribution in [1.82, 2.24) is 0 Å². The van der Waals surface area contributed by atoms with E-state index in [9.17, 15) is 14.0 Å². The SMILES string of the molecule is COc1ccc(NC(C)=O)cc1NC(=O)COc1ccc(F)cc1. The van der Waals surface area contributed by atoms with Crippen molar-refractivity contribution in [2.75, 3.05) is 24.4 Å². The first-order valence-electron chi connectivity index (χ1n) is 7.12. The van der Waals surface area contributed by atoms with E-state index in [2.05, 4.69) is 10.6 Å². The van der Waals surface area contributed by atoms with Gasteiger partial charge in [-0.1, -0.05) is 0 Å². The van der Waals surface area contributed by atoms with Crippen LogP contribution in [0.4, 0.5) is 15.8 Å². The molecule has 0 spiro atoms. The van der Waals surface area contributed by atoms with Crippen LogP contribution in [0.3, 0.4) is 0 Å². The van der Waals surface area contributed by atoms with Crippen molar-refractivity contribution in [3.05, 3.63) is 48.3 Å². The zero-order valence-corrected chi connectivity index (χ0v) is 13.3. The van der Waals surface area contributed by atoms with Crippen molar-refractivity contribution in [1.29, 1.82) is 0 Å². The lowest BCUT2D eigenvalue weighted by Gasteiger charge is -2.13. The zero-order valence-electron chi connectivity index (χ0n) is 13.3. The summed E-state index contributed by atoms with van der Waals surface area (Å²) in [7, 11) is 1.47. The first kappa shape index (κ1) is 17.3. The molecule has 0 aliphatic heterocycles. The minimum atomic E-state index is -0.419. The molecular formula is C17H17FN2O4. The number of anilines is 2. The van der Waals surface area contributed by atoms with Crippen molar-refractivity contribution in [3.8, 4) is 11.5 Å². The Morgan fingerprint density at radius 1 is 1.08 bits per heavy atom. The fourth-order valence-corrected chi connectivity index (χ4v) is 1.95. The Labute approximate surface area is 138 Å². The van der Waals surface area contributed by atoms with Gasteiger partial charge in [0.2, 0.25) is 5.91 Å². The molecule has 6 nitrogen and oxygen atoms in total. The summed E-state index contributed by atoms with van der Waals surface area (Å²) in [4.78, 5) is 23.1. The Hall–Kier alpha value is -3.09. The second-order valence-electron chi connectivity index (χ2n) is 4.89. The van der Waals surface area contributed by atoms with E-state index >= 15 is 0 Å². The Kier molecular flexibility index (Phi) is 5.73. The van der Waals surface area contributed by atoms with E-state index < -0.39 is 5.91 Å². The number of halogens is 1. The summed E-state index contributed by atoms with van der Waals surface area (Å²) in [6, 6.07) is 10.2. The van der Waals surface area contributed by atoms with Gasteiger partial charge < -0.3 is 20.1 Å². The highest BCUT2D eigenvalue weighted by Crippen LogP contribution is 2.27. The number of benzene rings is 2. The topological polar surface area (TPSA) is 76.7 Å². The van der Waals surface area contributed by atoms with E-state index in [1.165, 1.54) is 38.3 Å². The Morgan fingerprint density at radius 2 is 1.79 bits per heavy atom. The molecule has 2 N–H and O–H groups in total. The van der Waals surface area contributed by atoms with Crippen molar-refractivity contribution in [2.45, 2.75) is 6.92 Å². The first-order valence-corrected chi connectivity index (χ1v) is 7.12. The minimum Gasteiger partial charge on any atom is -0.495 e.